The Hall–Kier alpha value is -4.14. The molecule has 0 spiro atoms. The Bertz CT molecular complexity index is 1120. The van der Waals surface area contributed by atoms with Crippen LogP contribution in [-0.2, 0) is 25.5 Å². The van der Waals surface area contributed by atoms with Gasteiger partial charge in [0.05, 0.1) is 29.5 Å². The molecular formula is C24H25N3O6. The van der Waals surface area contributed by atoms with E-state index in [4.69, 9.17) is 9.47 Å². The van der Waals surface area contributed by atoms with Gasteiger partial charge in [0.15, 0.2) is 11.4 Å². The highest BCUT2D eigenvalue weighted by atomic mass is 16.6. The Morgan fingerprint density at radius 3 is 2.21 bits per heavy atom. The first-order chi connectivity index (χ1) is 15.9. The molecule has 0 saturated carbocycles. The second-order valence-corrected chi connectivity index (χ2v) is 7.14. The van der Waals surface area contributed by atoms with Gasteiger partial charge in [-0.25, -0.2) is 9.59 Å². The van der Waals surface area contributed by atoms with E-state index in [1.54, 1.807) is 26.8 Å². The van der Waals surface area contributed by atoms with Gasteiger partial charge in [0.2, 0.25) is 0 Å². The molecule has 1 aliphatic heterocycles. The fourth-order valence-electron chi connectivity index (χ4n) is 3.55. The zero-order chi connectivity index (χ0) is 24.0. The molecule has 9 heteroatoms. The molecule has 172 valence electrons. The van der Waals surface area contributed by atoms with Gasteiger partial charge in [-0.2, -0.15) is 0 Å². The van der Waals surface area contributed by atoms with E-state index < -0.39 is 16.9 Å². The van der Waals surface area contributed by atoms with Crippen molar-refractivity contribution in [3.8, 4) is 0 Å². The summed E-state index contributed by atoms with van der Waals surface area (Å²) >= 11 is 0. The van der Waals surface area contributed by atoms with Crippen molar-refractivity contribution in [1.29, 1.82) is 0 Å². The van der Waals surface area contributed by atoms with Crippen molar-refractivity contribution in [2.24, 2.45) is 0 Å². The smallest absolute Gasteiger partial charge is 0.357 e. The number of non-ortho nitro benzene ring substituents is 1. The van der Waals surface area contributed by atoms with Crippen LogP contribution in [0.2, 0.25) is 0 Å². The number of carbonyl (C=O) groups is 2. The summed E-state index contributed by atoms with van der Waals surface area (Å²) in [4.78, 5) is 38.3. The first kappa shape index (κ1) is 23.5. The number of nitro benzene ring substituents is 1. The number of nitrogens with zero attached hydrogens (tertiary/aromatic N) is 2. The summed E-state index contributed by atoms with van der Waals surface area (Å²) in [7, 11) is 0. The summed E-state index contributed by atoms with van der Waals surface area (Å²) in [5.41, 5.74) is 2.07. The van der Waals surface area contributed by atoms with Gasteiger partial charge < -0.3 is 14.8 Å². The highest BCUT2D eigenvalue weighted by Gasteiger charge is 2.37. The van der Waals surface area contributed by atoms with E-state index in [0.717, 1.165) is 5.56 Å². The van der Waals surface area contributed by atoms with Crippen LogP contribution in [0.1, 0.15) is 26.3 Å². The fourth-order valence-corrected chi connectivity index (χ4v) is 3.55. The molecule has 0 atom stereocenters. The molecule has 0 bridgehead atoms. The molecule has 1 heterocycles. The first-order valence-electron chi connectivity index (χ1n) is 10.5. The minimum Gasteiger partial charge on any atom is -0.461 e. The summed E-state index contributed by atoms with van der Waals surface area (Å²) in [6.45, 7) is 5.26. The molecule has 33 heavy (non-hydrogen) atoms. The third-order valence-corrected chi connectivity index (χ3v) is 4.89. The number of nitro groups is 1. The van der Waals surface area contributed by atoms with E-state index in [-0.39, 0.29) is 36.0 Å². The molecule has 0 saturated heterocycles. The summed E-state index contributed by atoms with van der Waals surface area (Å²) in [5.74, 6) is -1.34. The molecule has 0 amide bonds. The molecule has 0 radical (unpaired) electrons. The molecule has 1 aliphatic rings. The molecule has 2 aromatic rings. The van der Waals surface area contributed by atoms with Crippen LogP contribution in [0.4, 0.5) is 11.4 Å². The monoisotopic (exact) mass is 451 g/mol. The van der Waals surface area contributed by atoms with Gasteiger partial charge in [-0.1, -0.05) is 36.4 Å². The number of allylic oxidation sites excluding steroid dienone is 2. The maximum atomic E-state index is 13.2. The highest BCUT2D eigenvalue weighted by Crippen LogP contribution is 2.34. The summed E-state index contributed by atoms with van der Waals surface area (Å²) in [5, 5.41) is 14.6. The zero-order valence-corrected chi connectivity index (χ0v) is 18.7. The van der Waals surface area contributed by atoms with Crippen molar-refractivity contribution < 1.29 is 24.0 Å². The van der Waals surface area contributed by atoms with Crippen LogP contribution in [0.5, 0.6) is 0 Å². The second kappa shape index (κ2) is 10.4. The van der Waals surface area contributed by atoms with Crippen LogP contribution >= 0.6 is 0 Å². The van der Waals surface area contributed by atoms with E-state index >= 15 is 0 Å². The van der Waals surface area contributed by atoms with Crippen molar-refractivity contribution in [2.75, 3.05) is 18.1 Å². The normalized spacial score (nSPS) is 13.5. The molecule has 9 nitrogen and oxygen atoms in total. The Morgan fingerprint density at radius 1 is 0.970 bits per heavy atom. The van der Waals surface area contributed by atoms with E-state index in [1.807, 2.05) is 30.3 Å². The van der Waals surface area contributed by atoms with E-state index in [1.165, 1.54) is 23.1 Å². The average Bonchev–Trinajstić information content (AvgIpc) is 2.79. The summed E-state index contributed by atoms with van der Waals surface area (Å²) in [6.07, 6.45) is 0.341. The summed E-state index contributed by atoms with van der Waals surface area (Å²) < 4.78 is 10.6. The third-order valence-electron chi connectivity index (χ3n) is 4.89. The Balaban J connectivity index is 2.24. The number of hydrogen-bond acceptors (Lipinski definition) is 8. The van der Waals surface area contributed by atoms with Gasteiger partial charge in [-0.15, -0.1) is 0 Å². The Kier molecular flexibility index (Phi) is 7.45. The van der Waals surface area contributed by atoms with Gasteiger partial charge >= 0.3 is 11.9 Å². The Morgan fingerprint density at radius 2 is 1.61 bits per heavy atom. The van der Waals surface area contributed by atoms with Gasteiger partial charge in [-0.05, 0) is 32.4 Å². The number of ether oxygens (including phenoxy) is 2. The topological polar surface area (TPSA) is 111 Å². The van der Waals surface area contributed by atoms with E-state index in [0.29, 0.717) is 17.8 Å². The van der Waals surface area contributed by atoms with Crippen LogP contribution < -0.4 is 10.2 Å². The lowest BCUT2D eigenvalue weighted by Crippen LogP contribution is -2.42. The number of hydrogen-bond donors (Lipinski definition) is 1. The number of anilines is 1. The molecule has 2 aromatic carbocycles. The molecule has 0 unspecified atom stereocenters. The van der Waals surface area contributed by atoms with Crippen molar-refractivity contribution in [2.45, 2.75) is 27.2 Å². The van der Waals surface area contributed by atoms with Gasteiger partial charge in [-0.3, -0.25) is 15.0 Å². The first-order valence-corrected chi connectivity index (χ1v) is 10.5. The number of rotatable bonds is 8. The molecule has 0 aromatic heterocycles. The Labute approximate surface area is 191 Å². The SMILES string of the molecule is CCOC(=O)C1=C(C)NC(Cc2ccccc2)=C(C(=O)OCC)N1c1cccc([N+](=O)[O-])c1. The number of nitrogens with one attached hydrogen (secondary N) is 1. The average molecular weight is 451 g/mol. The van der Waals surface area contributed by atoms with Crippen molar-refractivity contribution >= 4 is 23.3 Å². The minimum atomic E-state index is -0.672. The van der Waals surface area contributed by atoms with Crippen molar-refractivity contribution in [1.82, 2.24) is 5.32 Å². The van der Waals surface area contributed by atoms with E-state index in [2.05, 4.69) is 5.32 Å². The molecule has 1 N–H and O–H groups in total. The standard InChI is InChI=1S/C24H25N3O6/c1-4-32-23(28)21-16(3)25-20(14-17-10-7-6-8-11-17)22(24(29)33-5-2)26(21)18-12-9-13-19(15-18)27(30)31/h6-13,15,25H,4-5,14H2,1-3H3. The highest BCUT2D eigenvalue weighted by molar-refractivity contribution is 6.03. The molecule has 0 aliphatic carbocycles. The largest absolute Gasteiger partial charge is 0.461 e. The molecular weight excluding hydrogens is 426 g/mol. The summed E-state index contributed by atoms with van der Waals surface area (Å²) in [6, 6.07) is 15.2. The van der Waals surface area contributed by atoms with E-state index in [9.17, 15) is 19.7 Å². The number of esters is 2. The number of carbonyl (C=O) groups excluding carboxylic acids is 2. The lowest BCUT2D eigenvalue weighted by molar-refractivity contribution is -0.384. The van der Waals surface area contributed by atoms with Gasteiger partial charge in [0.1, 0.15) is 0 Å². The maximum Gasteiger partial charge on any atom is 0.357 e. The lowest BCUT2D eigenvalue weighted by Gasteiger charge is -2.35. The van der Waals surface area contributed by atoms with Crippen LogP contribution in [0, 0.1) is 10.1 Å². The molecule has 0 fully saturated rings. The number of benzene rings is 2. The zero-order valence-electron chi connectivity index (χ0n) is 18.7. The van der Waals surface area contributed by atoms with Crippen molar-refractivity contribution in [3.05, 3.63) is 93.1 Å². The predicted octanol–water partition coefficient (Wildman–Crippen LogP) is 3.82. The quantitative estimate of drug-likeness (QED) is 0.366. The third kappa shape index (κ3) is 5.20. The minimum absolute atomic E-state index is 0.0530. The lowest BCUT2D eigenvalue weighted by atomic mass is 10.0. The van der Waals surface area contributed by atoms with Gasteiger partial charge in [0.25, 0.3) is 5.69 Å². The second-order valence-electron chi connectivity index (χ2n) is 7.14. The fraction of sp³-hybridized carbons (Fsp3) is 0.250. The van der Waals surface area contributed by atoms with Gasteiger partial charge in [0, 0.05) is 24.3 Å². The van der Waals surface area contributed by atoms with Crippen LogP contribution in [0.25, 0.3) is 0 Å². The van der Waals surface area contributed by atoms with Crippen LogP contribution in [0.15, 0.2) is 77.4 Å². The van der Waals surface area contributed by atoms with Crippen LogP contribution in [0.3, 0.4) is 0 Å². The van der Waals surface area contributed by atoms with Crippen molar-refractivity contribution in [3.63, 3.8) is 0 Å². The maximum absolute atomic E-state index is 13.2. The van der Waals surface area contributed by atoms with Crippen LogP contribution in [-0.4, -0.2) is 30.1 Å². The molecule has 3 rings (SSSR count). The predicted molar refractivity (Wildman–Crippen MR) is 122 cm³/mol.